The molecule has 1 aromatic carbocycles. The van der Waals surface area contributed by atoms with Crippen LogP contribution in [0.15, 0.2) is 48.8 Å². The van der Waals surface area contributed by atoms with E-state index in [9.17, 15) is 4.79 Å². The highest BCUT2D eigenvalue weighted by Crippen LogP contribution is 2.18. The lowest BCUT2D eigenvalue weighted by molar-refractivity contribution is 0.0575. The topological polar surface area (TPSA) is 77.7 Å². The Bertz CT molecular complexity index is 669. The van der Waals surface area contributed by atoms with Gasteiger partial charge in [0.05, 0.1) is 12.2 Å². The number of nitrogens with two attached hydrogens (primary N) is 1. The molecule has 0 bridgehead atoms. The molecule has 0 fully saturated rings. The largest absolute Gasteiger partial charge is 0.492 e. The summed E-state index contributed by atoms with van der Waals surface area (Å²) in [6.45, 7) is 6.15. The monoisotopic (exact) mass is 329 g/mol. The molecular formula is C18H23N3O3. The first-order valence-corrected chi connectivity index (χ1v) is 7.74. The van der Waals surface area contributed by atoms with Crippen LogP contribution in [0.3, 0.4) is 0 Å². The van der Waals surface area contributed by atoms with Crippen molar-refractivity contribution in [2.45, 2.75) is 26.4 Å². The van der Waals surface area contributed by atoms with E-state index < -0.39 is 11.7 Å². The van der Waals surface area contributed by atoms with Crippen LogP contribution in [-0.2, 0) is 4.74 Å². The van der Waals surface area contributed by atoms with E-state index in [4.69, 9.17) is 15.2 Å². The molecule has 2 N–H and O–H groups in total. The molecule has 1 amide bonds. The molecule has 2 rings (SSSR count). The summed E-state index contributed by atoms with van der Waals surface area (Å²) in [7, 11) is 0. The van der Waals surface area contributed by atoms with Gasteiger partial charge in [-0.25, -0.2) is 4.79 Å². The third-order valence-corrected chi connectivity index (χ3v) is 3.03. The molecule has 0 atom stereocenters. The minimum atomic E-state index is -0.572. The van der Waals surface area contributed by atoms with Gasteiger partial charge in [0.15, 0.2) is 0 Å². The Morgan fingerprint density at radius 2 is 1.92 bits per heavy atom. The third-order valence-electron chi connectivity index (χ3n) is 3.03. The van der Waals surface area contributed by atoms with Gasteiger partial charge >= 0.3 is 6.09 Å². The van der Waals surface area contributed by atoms with Gasteiger partial charge in [-0.2, -0.15) is 0 Å². The average molecular weight is 329 g/mol. The summed E-state index contributed by atoms with van der Waals surface area (Å²) in [6, 6.07) is 10.7. The molecule has 2 aromatic rings. The fourth-order valence-corrected chi connectivity index (χ4v) is 2.03. The number of nitrogen functional groups attached to an aromatic ring is 1. The van der Waals surface area contributed by atoms with Crippen molar-refractivity contribution in [2.75, 3.05) is 23.8 Å². The first-order chi connectivity index (χ1) is 11.3. The normalized spacial score (nSPS) is 11.0. The molecule has 0 saturated heterocycles. The Morgan fingerprint density at radius 3 is 2.54 bits per heavy atom. The molecule has 0 spiro atoms. The zero-order valence-corrected chi connectivity index (χ0v) is 14.2. The lowest BCUT2D eigenvalue weighted by Crippen LogP contribution is -2.39. The standard InChI is InChI=1S/C18H23N3O3/c1-18(2,3)24-17(22)21(15-7-9-20-10-8-15)11-12-23-16-6-4-5-14(19)13-16/h4-10,13H,11-12,19H2,1-3H3. The van der Waals surface area contributed by atoms with Crippen LogP contribution in [-0.4, -0.2) is 29.8 Å². The van der Waals surface area contributed by atoms with Crippen molar-refractivity contribution in [2.24, 2.45) is 0 Å². The van der Waals surface area contributed by atoms with Crippen molar-refractivity contribution in [3.05, 3.63) is 48.8 Å². The Balaban J connectivity index is 2.04. The second-order valence-electron chi connectivity index (χ2n) is 6.26. The fourth-order valence-electron chi connectivity index (χ4n) is 2.03. The summed E-state index contributed by atoms with van der Waals surface area (Å²) >= 11 is 0. The maximum atomic E-state index is 12.5. The van der Waals surface area contributed by atoms with Crippen LogP contribution in [0.1, 0.15) is 20.8 Å². The number of anilines is 2. The first kappa shape index (κ1) is 17.6. The molecule has 0 aliphatic rings. The number of rotatable bonds is 5. The predicted octanol–water partition coefficient (Wildman–Crippen LogP) is 3.48. The summed E-state index contributed by atoms with van der Waals surface area (Å²) in [6.07, 6.45) is 2.83. The van der Waals surface area contributed by atoms with Gasteiger partial charge in [0.1, 0.15) is 18.0 Å². The second kappa shape index (κ2) is 7.68. The maximum Gasteiger partial charge on any atom is 0.414 e. The fraction of sp³-hybridized carbons (Fsp3) is 0.333. The number of ether oxygens (including phenoxy) is 2. The van der Waals surface area contributed by atoms with E-state index in [-0.39, 0.29) is 0 Å². The molecule has 0 unspecified atom stereocenters. The second-order valence-corrected chi connectivity index (χ2v) is 6.26. The van der Waals surface area contributed by atoms with Crippen molar-refractivity contribution in [3.8, 4) is 5.75 Å². The van der Waals surface area contributed by atoms with Gasteiger partial charge in [0, 0.05) is 24.1 Å². The number of carbonyl (C=O) groups is 1. The first-order valence-electron chi connectivity index (χ1n) is 7.74. The molecule has 6 nitrogen and oxygen atoms in total. The van der Waals surface area contributed by atoms with Gasteiger partial charge in [-0.15, -0.1) is 0 Å². The number of hydrogen-bond acceptors (Lipinski definition) is 5. The van der Waals surface area contributed by atoms with Gasteiger partial charge < -0.3 is 15.2 Å². The minimum absolute atomic E-state index is 0.311. The van der Waals surface area contributed by atoms with Gasteiger partial charge in [-0.1, -0.05) is 6.07 Å². The SMILES string of the molecule is CC(C)(C)OC(=O)N(CCOc1cccc(N)c1)c1ccncc1. The summed E-state index contributed by atoms with van der Waals surface area (Å²) in [5, 5.41) is 0. The lowest BCUT2D eigenvalue weighted by Gasteiger charge is -2.27. The molecule has 0 aliphatic carbocycles. The Labute approximate surface area is 142 Å². The minimum Gasteiger partial charge on any atom is -0.492 e. The highest BCUT2D eigenvalue weighted by Gasteiger charge is 2.23. The number of amides is 1. The van der Waals surface area contributed by atoms with Crippen LogP contribution in [0.2, 0.25) is 0 Å². The molecule has 6 heteroatoms. The molecular weight excluding hydrogens is 306 g/mol. The number of hydrogen-bond donors (Lipinski definition) is 1. The quantitative estimate of drug-likeness (QED) is 0.850. The summed E-state index contributed by atoms with van der Waals surface area (Å²) in [4.78, 5) is 18.0. The maximum absolute atomic E-state index is 12.5. The average Bonchev–Trinajstić information content (AvgIpc) is 2.51. The van der Waals surface area contributed by atoms with E-state index in [2.05, 4.69) is 4.98 Å². The Hall–Kier alpha value is -2.76. The van der Waals surface area contributed by atoms with Crippen LogP contribution in [0.25, 0.3) is 0 Å². The summed E-state index contributed by atoms with van der Waals surface area (Å²) < 4.78 is 11.1. The Morgan fingerprint density at radius 1 is 1.21 bits per heavy atom. The molecule has 1 heterocycles. The van der Waals surface area contributed by atoms with Crippen molar-refractivity contribution >= 4 is 17.5 Å². The number of pyridine rings is 1. The summed E-state index contributed by atoms with van der Waals surface area (Å²) in [5.41, 5.74) is 6.49. The van der Waals surface area contributed by atoms with E-state index in [1.165, 1.54) is 4.90 Å². The number of carbonyl (C=O) groups excluding carboxylic acids is 1. The zero-order valence-electron chi connectivity index (χ0n) is 14.2. The number of aromatic nitrogens is 1. The van der Waals surface area contributed by atoms with E-state index in [0.717, 1.165) is 0 Å². The highest BCUT2D eigenvalue weighted by atomic mass is 16.6. The summed E-state index contributed by atoms with van der Waals surface area (Å²) in [5.74, 6) is 0.661. The van der Waals surface area contributed by atoms with Crippen molar-refractivity contribution in [3.63, 3.8) is 0 Å². The molecule has 0 aliphatic heterocycles. The van der Waals surface area contributed by atoms with Crippen LogP contribution in [0.4, 0.5) is 16.2 Å². The van der Waals surface area contributed by atoms with Crippen LogP contribution in [0, 0.1) is 0 Å². The molecule has 0 radical (unpaired) electrons. The van der Waals surface area contributed by atoms with Gasteiger partial charge in [-0.05, 0) is 45.0 Å². The molecule has 0 saturated carbocycles. The van der Waals surface area contributed by atoms with Crippen LogP contribution < -0.4 is 15.4 Å². The molecule has 1 aromatic heterocycles. The molecule has 24 heavy (non-hydrogen) atoms. The van der Waals surface area contributed by atoms with Gasteiger partial charge in [0.2, 0.25) is 0 Å². The van der Waals surface area contributed by atoms with Crippen molar-refractivity contribution < 1.29 is 14.3 Å². The van der Waals surface area contributed by atoms with Crippen LogP contribution in [0.5, 0.6) is 5.75 Å². The van der Waals surface area contributed by atoms with Gasteiger partial charge in [-0.3, -0.25) is 9.88 Å². The van der Waals surface area contributed by atoms with Crippen LogP contribution >= 0.6 is 0 Å². The number of nitrogens with zero attached hydrogens (tertiary/aromatic N) is 2. The smallest absolute Gasteiger partial charge is 0.414 e. The van der Waals surface area contributed by atoms with E-state index in [0.29, 0.717) is 30.3 Å². The third kappa shape index (κ3) is 5.46. The lowest BCUT2D eigenvalue weighted by atomic mass is 10.2. The van der Waals surface area contributed by atoms with Gasteiger partial charge in [0.25, 0.3) is 0 Å². The molecule has 128 valence electrons. The van der Waals surface area contributed by atoms with Crippen molar-refractivity contribution in [1.29, 1.82) is 0 Å². The number of benzene rings is 1. The zero-order chi connectivity index (χ0) is 17.6. The Kier molecular flexibility index (Phi) is 5.63. The van der Waals surface area contributed by atoms with E-state index in [1.807, 2.05) is 32.9 Å². The van der Waals surface area contributed by atoms with Crippen molar-refractivity contribution in [1.82, 2.24) is 4.98 Å². The highest BCUT2D eigenvalue weighted by molar-refractivity contribution is 5.87. The van der Waals surface area contributed by atoms with E-state index >= 15 is 0 Å². The van der Waals surface area contributed by atoms with E-state index in [1.54, 1.807) is 36.7 Å². The predicted molar refractivity (Wildman–Crippen MR) is 94.2 cm³/mol.